The highest BCUT2D eigenvalue weighted by Crippen LogP contribution is 2.47. The third-order valence-corrected chi connectivity index (χ3v) is 5.24. The maximum absolute atomic E-state index is 10.5. The van der Waals surface area contributed by atoms with Gasteiger partial charge < -0.3 is 5.11 Å². The van der Waals surface area contributed by atoms with Crippen LogP contribution in [0.3, 0.4) is 0 Å². The zero-order valence-electron chi connectivity index (χ0n) is 8.29. The summed E-state index contributed by atoms with van der Waals surface area (Å²) in [5.74, 6) is 0.703. The second kappa shape index (κ2) is 3.95. The van der Waals surface area contributed by atoms with Crippen LogP contribution in [0.4, 0.5) is 0 Å². The van der Waals surface area contributed by atoms with Crippen LogP contribution in [-0.4, -0.2) is 5.11 Å². The Labute approximate surface area is 97.3 Å². The number of hydrogen-bond donors (Lipinski definition) is 1. The maximum atomic E-state index is 10.5. The summed E-state index contributed by atoms with van der Waals surface area (Å²) in [5, 5.41) is 12.6. The third-order valence-electron chi connectivity index (χ3n) is 3.21. The topological polar surface area (TPSA) is 20.2 Å². The van der Waals surface area contributed by atoms with Crippen molar-refractivity contribution in [3.63, 3.8) is 0 Å². The number of hydrogen-bond acceptors (Lipinski definition) is 2. The van der Waals surface area contributed by atoms with Crippen molar-refractivity contribution in [3.8, 4) is 0 Å². The van der Waals surface area contributed by atoms with Crippen LogP contribution in [0.15, 0.2) is 15.9 Å². The number of rotatable bonds is 2. The third kappa shape index (κ3) is 1.77. The quantitative estimate of drug-likeness (QED) is 0.867. The Morgan fingerprint density at radius 2 is 2.50 bits per heavy atom. The molecule has 2 atom stereocenters. The summed E-state index contributed by atoms with van der Waals surface area (Å²) >= 11 is 5.17. The predicted octanol–water partition coefficient (Wildman–Crippen LogP) is 3.91. The summed E-state index contributed by atoms with van der Waals surface area (Å²) in [6, 6.07) is 2.03. The largest absolute Gasteiger partial charge is 0.384 e. The smallest absolute Gasteiger partial charge is 0.100 e. The molecule has 2 rings (SSSR count). The molecule has 1 aliphatic carbocycles. The average molecular weight is 275 g/mol. The number of halogens is 1. The average Bonchev–Trinajstić information content (AvgIpc) is 2.73. The van der Waals surface area contributed by atoms with Gasteiger partial charge in [-0.25, -0.2) is 0 Å². The SMILES string of the molecule is CCC1CCC(O)(c2sccc2Br)C1. The molecular formula is C11H15BrOS. The molecule has 0 amide bonds. The highest BCUT2D eigenvalue weighted by atomic mass is 79.9. The molecule has 3 heteroatoms. The minimum atomic E-state index is -0.548. The standard InChI is InChI=1S/C11H15BrOS/c1-2-8-3-5-11(13,7-8)10-9(12)4-6-14-10/h4,6,8,13H,2-3,5,7H2,1H3. The molecule has 1 aromatic rings. The van der Waals surface area contributed by atoms with E-state index in [4.69, 9.17) is 0 Å². The van der Waals surface area contributed by atoms with Gasteiger partial charge >= 0.3 is 0 Å². The van der Waals surface area contributed by atoms with Crippen LogP contribution < -0.4 is 0 Å². The molecule has 1 heterocycles. The van der Waals surface area contributed by atoms with E-state index in [0.717, 1.165) is 28.6 Å². The van der Waals surface area contributed by atoms with Crippen LogP contribution in [0.2, 0.25) is 0 Å². The minimum absolute atomic E-state index is 0.548. The second-order valence-corrected chi connectivity index (χ2v) is 5.92. The molecule has 1 aliphatic rings. The van der Waals surface area contributed by atoms with Crippen molar-refractivity contribution in [1.82, 2.24) is 0 Å². The van der Waals surface area contributed by atoms with Crippen LogP contribution >= 0.6 is 27.3 Å². The maximum Gasteiger partial charge on any atom is 0.100 e. The molecule has 1 aromatic heterocycles. The van der Waals surface area contributed by atoms with Crippen LogP contribution in [0, 0.1) is 5.92 Å². The van der Waals surface area contributed by atoms with E-state index < -0.39 is 5.60 Å². The molecule has 1 nitrogen and oxygen atoms in total. The van der Waals surface area contributed by atoms with Gasteiger partial charge in [-0.15, -0.1) is 11.3 Å². The lowest BCUT2D eigenvalue weighted by Crippen LogP contribution is -2.20. The van der Waals surface area contributed by atoms with E-state index in [0.29, 0.717) is 5.92 Å². The minimum Gasteiger partial charge on any atom is -0.384 e. The molecule has 14 heavy (non-hydrogen) atoms. The van der Waals surface area contributed by atoms with E-state index in [1.165, 1.54) is 6.42 Å². The first-order valence-electron chi connectivity index (χ1n) is 5.11. The normalized spacial score (nSPS) is 32.4. The molecule has 0 bridgehead atoms. The van der Waals surface area contributed by atoms with E-state index in [2.05, 4.69) is 22.9 Å². The van der Waals surface area contributed by atoms with E-state index in [1.807, 2.05) is 11.4 Å². The van der Waals surface area contributed by atoms with Gasteiger partial charge in [0.2, 0.25) is 0 Å². The summed E-state index contributed by atoms with van der Waals surface area (Å²) in [6.07, 6.45) is 4.20. The molecule has 0 aliphatic heterocycles. The molecule has 0 saturated heterocycles. The first-order chi connectivity index (χ1) is 6.65. The first-order valence-corrected chi connectivity index (χ1v) is 6.79. The zero-order chi connectivity index (χ0) is 10.2. The molecule has 0 aromatic carbocycles. The monoisotopic (exact) mass is 274 g/mol. The van der Waals surface area contributed by atoms with Crippen molar-refractivity contribution < 1.29 is 5.11 Å². The Hall–Kier alpha value is 0.140. The van der Waals surface area contributed by atoms with E-state index in [9.17, 15) is 5.11 Å². The van der Waals surface area contributed by atoms with Gasteiger partial charge in [0.1, 0.15) is 5.60 Å². The Bertz CT molecular complexity index is 323. The Kier molecular flexibility index (Phi) is 3.01. The van der Waals surface area contributed by atoms with Gasteiger partial charge in [0, 0.05) is 4.47 Å². The summed E-state index contributed by atoms with van der Waals surface area (Å²) in [4.78, 5) is 1.12. The fraction of sp³-hybridized carbons (Fsp3) is 0.636. The molecular weight excluding hydrogens is 260 g/mol. The lowest BCUT2D eigenvalue weighted by atomic mass is 9.97. The Morgan fingerprint density at radius 3 is 3.00 bits per heavy atom. The Morgan fingerprint density at radius 1 is 1.71 bits per heavy atom. The fourth-order valence-corrected chi connectivity index (χ4v) is 4.19. The highest BCUT2D eigenvalue weighted by Gasteiger charge is 2.39. The second-order valence-electron chi connectivity index (χ2n) is 4.15. The number of aliphatic hydroxyl groups is 1. The molecule has 0 radical (unpaired) electrons. The Balaban J connectivity index is 2.22. The molecule has 0 spiro atoms. The molecule has 1 N–H and O–H groups in total. The lowest BCUT2D eigenvalue weighted by molar-refractivity contribution is 0.0429. The van der Waals surface area contributed by atoms with Crippen molar-refractivity contribution in [2.45, 2.75) is 38.2 Å². The van der Waals surface area contributed by atoms with Gasteiger partial charge in [-0.05, 0) is 52.6 Å². The van der Waals surface area contributed by atoms with Crippen molar-refractivity contribution >= 4 is 27.3 Å². The first kappa shape index (κ1) is 10.7. The van der Waals surface area contributed by atoms with Crippen molar-refractivity contribution in [3.05, 3.63) is 20.8 Å². The summed E-state index contributed by atoms with van der Waals surface area (Å²) in [5.41, 5.74) is -0.548. The summed E-state index contributed by atoms with van der Waals surface area (Å²) < 4.78 is 1.07. The fourth-order valence-electron chi connectivity index (χ4n) is 2.31. The molecule has 78 valence electrons. The van der Waals surface area contributed by atoms with Crippen LogP contribution in [0.5, 0.6) is 0 Å². The molecule has 2 unspecified atom stereocenters. The van der Waals surface area contributed by atoms with Gasteiger partial charge in [0.25, 0.3) is 0 Å². The van der Waals surface area contributed by atoms with Gasteiger partial charge in [-0.2, -0.15) is 0 Å². The van der Waals surface area contributed by atoms with Crippen molar-refractivity contribution in [2.75, 3.05) is 0 Å². The molecule has 1 fully saturated rings. The highest BCUT2D eigenvalue weighted by molar-refractivity contribution is 9.10. The number of thiophene rings is 1. The van der Waals surface area contributed by atoms with Crippen molar-refractivity contribution in [1.29, 1.82) is 0 Å². The van der Waals surface area contributed by atoms with Crippen molar-refractivity contribution in [2.24, 2.45) is 5.92 Å². The van der Waals surface area contributed by atoms with Gasteiger partial charge in [-0.1, -0.05) is 13.3 Å². The van der Waals surface area contributed by atoms with Gasteiger partial charge in [0.05, 0.1) is 4.88 Å². The predicted molar refractivity (Wildman–Crippen MR) is 63.5 cm³/mol. The van der Waals surface area contributed by atoms with Gasteiger partial charge in [-0.3, -0.25) is 0 Å². The van der Waals surface area contributed by atoms with E-state index >= 15 is 0 Å². The zero-order valence-corrected chi connectivity index (χ0v) is 10.7. The van der Waals surface area contributed by atoms with Crippen LogP contribution in [0.25, 0.3) is 0 Å². The summed E-state index contributed by atoms with van der Waals surface area (Å²) in [6.45, 7) is 2.21. The lowest BCUT2D eigenvalue weighted by Gasteiger charge is -2.21. The summed E-state index contributed by atoms with van der Waals surface area (Å²) in [7, 11) is 0. The van der Waals surface area contributed by atoms with Crippen LogP contribution in [-0.2, 0) is 5.60 Å². The van der Waals surface area contributed by atoms with Gasteiger partial charge in [0.15, 0.2) is 0 Å². The molecule has 1 saturated carbocycles. The van der Waals surface area contributed by atoms with E-state index in [1.54, 1.807) is 11.3 Å². The van der Waals surface area contributed by atoms with E-state index in [-0.39, 0.29) is 0 Å². The van der Waals surface area contributed by atoms with Crippen LogP contribution in [0.1, 0.15) is 37.5 Å².